The van der Waals surface area contributed by atoms with Crippen LogP contribution in [-0.2, 0) is 16.3 Å². The summed E-state index contributed by atoms with van der Waals surface area (Å²) < 4.78 is 59.0. The highest BCUT2D eigenvalue weighted by Gasteiger charge is 2.33. The maximum absolute atomic E-state index is 13.6. The van der Waals surface area contributed by atoms with Gasteiger partial charge in [0.05, 0.1) is 23.3 Å². The highest BCUT2D eigenvalue weighted by atomic mass is 32.2. The maximum atomic E-state index is 13.6. The first kappa shape index (κ1) is 30.7. The lowest BCUT2D eigenvalue weighted by molar-refractivity contribution is 0.117. The van der Waals surface area contributed by atoms with Gasteiger partial charge in [0.15, 0.2) is 33.7 Å². The summed E-state index contributed by atoms with van der Waals surface area (Å²) in [5, 5.41) is 25.1. The molecular weight excluding hydrogens is 594 g/mol. The molecule has 4 aromatic rings. The lowest BCUT2D eigenvalue weighted by Crippen LogP contribution is -2.52. The summed E-state index contributed by atoms with van der Waals surface area (Å²) in [6.45, 7) is 3.22. The second kappa shape index (κ2) is 13.3. The molecular formula is C30H31N3O10S. The molecule has 0 radical (unpaired) electrons. The summed E-state index contributed by atoms with van der Waals surface area (Å²) in [4.78, 5) is 13.0. The molecule has 3 N–H and O–H groups in total. The van der Waals surface area contributed by atoms with Crippen LogP contribution in [-0.4, -0.2) is 57.1 Å². The molecule has 5 rings (SSSR count). The molecule has 2 aromatic carbocycles. The van der Waals surface area contributed by atoms with Crippen molar-refractivity contribution < 1.29 is 46.1 Å². The van der Waals surface area contributed by atoms with Gasteiger partial charge < -0.3 is 38.2 Å². The average Bonchev–Trinajstić information content (AvgIpc) is 3.75. The fourth-order valence-electron chi connectivity index (χ4n) is 4.76. The maximum Gasteiger partial charge on any atom is 0.413 e. The van der Waals surface area contributed by atoms with Crippen LogP contribution in [0.2, 0.25) is 0 Å². The first-order valence-electron chi connectivity index (χ1n) is 13.7. The van der Waals surface area contributed by atoms with Crippen molar-refractivity contribution in [3.8, 4) is 29.1 Å². The van der Waals surface area contributed by atoms with Crippen LogP contribution in [0.25, 0.3) is 11.2 Å². The normalized spacial score (nSPS) is 14.6. The Balaban J connectivity index is 1.31. The van der Waals surface area contributed by atoms with E-state index >= 15 is 0 Å². The summed E-state index contributed by atoms with van der Waals surface area (Å²) in [7, 11) is -3.91. The molecule has 0 aliphatic carbocycles. The zero-order valence-corrected chi connectivity index (χ0v) is 24.7. The Morgan fingerprint density at radius 2 is 1.86 bits per heavy atom. The number of fused-ring (bicyclic) bond motifs is 2. The van der Waals surface area contributed by atoms with Crippen LogP contribution in [0.3, 0.4) is 0 Å². The van der Waals surface area contributed by atoms with Crippen LogP contribution in [0.5, 0.6) is 23.0 Å². The molecule has 0 spiro atoms. The smallest absolute Gasteiger partial charge is 0.413 e. The van der Waals surface area contributed by atoms with E-state index < -0.39 is 33.5 Å². The highest BCUT2D eigenvalue weighted by molar-refractivity contribution is 7.92. The van der Waals surface area contributed by atoms with Gasteiger partial charge in [-0.1, -0.05) is 26.0 Å². The molecule has 0 bridgehead atoms. The molecule has 232 valence electrons. The molecule has 1 aliphatic heterocycles. The predicted octanol–water partition coefficient (Wildman–Crippen LogP) is 3.76. The van der Waals surface area contributed by atoms with Gasteiger partial charge >= 0.3 is 11.9 Å². The van der Waals surface area contributed by atoms with Gasteiger partial charge in [0.2, 0.25) is 6.79 Å². The van der Waals surface area contributed by atoms with Crippen molar-refractivity contribution >= 4 is 27.1 Å². The van der Waals surface area contributed by atoms with E-state index in [4.69, 9.17) is 33.0 Å². The van der Waals surface area contributed by atoms with E-state index in [0.717, 1.165) is 5.56 Å². The number of nitriles is 1. The fourth-order valence-corrected chi connectivity index (χ4v) is 6.61. The molecule has 0 fully saturated rings. The summed E-state index contributed by atoms with van der Waals surface area (Å²) in [5.41, 5.74) is 0.729. The van der Waals surface area contributed by atoms with E-state index in [-0.39, 0.29) is 48.7 Å². The number of sulfone groups is 1. The molecule has 1 aliphatic rings. The van der Waals surface area contributed by atoms with Gasteiger partial charge in [-0.05, 0) is 48.2 Å². The topological polar surface area (TPSA) is 182 Å². The van der Waals surface area contributed by atoms with E-state index in [1.807, 2.05) is 6.07 Å². The minimum absolute atomic E-state index is 0.0108. The van der Waals surface area contributed by atoms with E-state index in [2.05, 4.69) is 10.6 Å². The SMILES string of the molecule is CC(C)C(NC[C@@H](O)[C@H](Cc1ccc(OCC#N)cc1)NC(=O)Oc1coc2occc12)S(=O)(=O)c1ccc2c(c1)OCO2. The summed E-state index contributed by atoms with van der Waals surface area (Å²) in [5.74, 6) is 1.22. The van der Waals surface area contributed by atoms with Gasteiger partial charge in [0.25, 0.3) is 0 Å². The number of amides is 1. The Labute approximate surface area is 253 Å². The second-order valence-electron chi connectivity index (χ2n) is 10.4. The molecule has 1 amide bonds. The van der Waals surface area contributed by atoms with Crippen molar-refractivity contribution in [2.45, 2.75) is 42.7 Å². The molecule has 14 heteroatoms. The Bertz CT molecular complexity index is 1740. The molecule has 1 unspecified atom stereocenters. The number of ether oxygens (including phenoxy) is 4. The fraction of sp³-hybridized carbons (Fsp3) is 0.333. The van der Waals surface area contributed by atoms with Crippen LogP contribution in [0, 0.1) is 17.2 Å². The first-order valence-corrected chi connectivity index (χ1v) is 15.3. The quantitative estimate of drug-likeness (QED) is 0.196. The van der Waals surface area contributed by atoms with Crippen molar-refractivity contribution in [2.75, 3.05) is 19.9 Å². The number of aliphatic hydroxyl groups is 1. The highest BCUT2D eigenvalue weighted by Crippen LogP contribution is 2.35. The number of nitrogens with one attached hydrogen (secondary N) is 2. The largest absolute Gasteiger partial charge is 0.479 e. The summed E-state index contributed by atoms with van der Waals surface area (Å²) in [6, 6.07) is 13.8. The first-order chi connectivity index (χ1) is 21.2. The number of hydrogen-bond donors (Lipinski definition) is 3. The molecule has 3 heterocycles. The van der Waals surface area contributed by atoms with Crippen LogP contribution in [0.4, 0.5) is 4.79 Å². The van der Waals surface area contributed by atoms with Gasteiger partial charge in [0.1, 0.15) is 28.8 Å². The number of rotatable bonds is 13. The third-order valence-electron chi connectivity index (χ3n) is 6.96. The lowest BCUT2D eigenvalue weighted by Gasteiger charge is -2.28. The van der Waals surface area contributed by atoms with Crippen LogP contribution < -0.4 is 29.6 Å². The van der Waals surface area contributed by atoms with Crippen molar-refractivity contribution in [3.05, 3.63) is 66.6 Å². The van der Waals surface area contributed by atoms with E-state index in [1.165, 1.54) is 24.7 Å². The van der Waals surface area contributed by atoms with Crippen LogP contribution in [0.15, 0.2) is 74.8 Å². The zero-order chi connectivity index (χ0) is 31.3. The van der Waals surface area contributed by atoms with Crippen molar-refractivity contribution in [3.63, 3.8) is 0 Å². The van der Waals surface area contributed by atoms with Gasteiger partial charge in [-0.3, -0.25) is 5.32 Å². The minimum atomic E-state index is -3.91. The standard InChI is InChI=1S/C30H31N3O10S/c1-18(2)28(44(36,37)21-7-8-25-26(14-21)42-17-41-25)32-15-24(34)23(13-19-3-5-20(6-4-19)38-12-10-31)33-30(35)43-27-16-40-29-22(27)9-11-39-29/h3-9,11,14,16,18,23-24,28,32,34H,12-13,15,17H2,1-2H3,(H,33,35)/t23-,24+,28?/m0/s1. The molecule has 44 heavy (non-hydrogen) atoms. The van der Waals surface area contributed by atoms with Crippen LogP contribution >= 0.6 is 0 Å². The van der Waals surface area contributed by atoms with E-state index in [0.29, 0.717) is 22.6 Å². The second-order valence-corrected chi connectivity index (χ2v) is 12.4. The molecule has 0 saturated heterocycles. The van der Waals surface area contributed by atoms with Gasteiger partial charge in [-0.2, -0.15) is 5.26 Å². The Morgan fingerprint density at radius 1 is 1.09 bits per heavy atom. The van der Waals surface area contributed by atoms with Gasteiger partial charge in [-0.25, -0.2) is 13.2 Å². The number of hydrogen-bond acceptors (Lipinski definition) is 12. The summed E-state index contributed by atoms with van der Waals surface area (Å²) >= 11 is 0. The number of aliphatic hydroxyl groups excluding tert-OH is 1. The number of carbonyl (C=O) groups excluding carboxylic acids is 1. The third-order valence-corrected chi connectivity index (χ3v) is 9.25. The van der Waals surface area contributed by atoms with Crippen molar-refractivity contribution in [1.29, 1.82) is 5.26 Å². The minimum Gasteiger partial charge on any atom is -0.479 e. The van der Waals surface area contributed by atoms with E-state index in [1.54, 1.807) is 50.2 Å². The molecule has 2 aromatic heterocycles. The third kappa shape index (κ3) is 6.91. The lowest BCUT2D eigenvalue weighted by atomic mass is 10.0. The number of benzene rings is 2. The molecule has 13 nitrogen and oxygen atoms in total. The Kier molecular flexibility index (Phi) is 9.29. The Hall–Kier alpha value is -4.71. The van der Waals surface area contributed by atoms with Crippen LogP contribution in [0.1, 0.15) is 19.4 Å². The Morgan fingerprint density at radius 3 is 2.61 bits per heavy atom. The number of carbonyl (C=O) groups is 1. The number of nitrogens with zero attached hydrogens (tertiary/aromatic N) is 1. The number of furan rings is 2. The average molecular weight is 626 g/mol. The van der Waals surface area contributed by atoms with Gasteiger partial charge in [0, 0.05) is 12.6 Å². The van der Waals surface area contributed by atoms with Crippen molar-refractivity contribution in [2.24, 2.45) is 5.92 Å². The van der Waals surface area contributed by atoms with E-state index in [9.17, 15) is 18.3 Å². The predicted molar refractivity (Wildman–Crippen MR) is 155 cm³/mol. The van der Waals surface area contributed by atoms with Gasteiger partial charge in [-0.15, -0.1) is 0 Å². The zero-order valence-electron chi connectivity index (χ0n) is 23.9. The molecule has 0 saturated carbocycles. The monoisotopic (exact) mass is 625 g/mol. The molecule has 3 atom stereocenters. The summed E-state index contributed by atoms with van der Waals surface area (Å²) in [6.07, 6.45) is 0.673. The van der Waals surface area contributed by atoms with Crippen molar-refractivity contribution in [1.82, 2.24) is 10.6 Å².